The van der Waals surface area contributed by atoms with Gasteiger partial charge in [0.1, 0.15) is 12.1 Å². The Bertz CT molecular complexity index is 899. The van der Waals surface area contributed by atoms with E-state index in [4.69, 9.17) is 4.74 Å². The van der Waals surface area contributed by atoms with E-state index in [1.165, 1.54) is 5.56 Å². The Morgan fingerprint density at radius 2 is 2.00 bits per heavy atom. The van der Waals surface area contributed by atoms with Gasteiger partial charge in [0.2, 0.25) is 0 Å². The highest BCUT2D eigenvalue weighted by Gasteiger charge is 2.55. The number of carbonyl (C=O) groups excluding carboxylic acids is 4. The van der Waals surface area contributed by atoms with E-state index in [9.17, 15) is 19.2 Å². The van der Waals surface area contributed by atoms with Crippen molar-refractivity contribution in [3.05, 3.63) is 34.9 Å². The molecule has 0 bridgehead atoms. The van der Waals surface area contributed by atoms with E-state index in [0.29, 0.717) is 6.42 Å². The number of benzene rings is 1. The van der Waals surface area contributed by atoms with Crippen LogP contribution >= 0.6 is 0 Å². The fraction of sp³-hybridized carbons (Fsp3) is 0.565. The van der Waals surface area contributed by atoms with Crippen molar-refractivity contribution in [3.63, 3.8) is 0 Å². The molecule has 168 valence electrons. The molecule has 4 amide bonds. The lowest BCUT2D eigenvalue weighted by Gasteiger charge is -2.36. The second kappa shape index (κ2) is 9.08. The topological polar surface area (TPSA) is 105 Å². The molecule has 2 aliphatic rings. The first kappa shape index (κ1) is 22.8. The summed E-state index contributed by atoms with van der Waals surface area (Å²) in [6.45, 7) is 6.84. The zero-order chi connectivity index (χ0) is 22.8. The highest BCUT2D eigenvalue weighted by Crippen LogP contribution is 2.38. The molecule has 1 aliphatic heterocycles. The smallest absolute Gasteiger partial charge is 0.326 e. The van der Waals surface area contributed by atoms with Crippen molar-refractivity contribution in [1.29, 1.82) is 0 Å². The molecule has 2 fully saturated rings. The lowest BCUT2D eigenvalue weighted by Crippen LogP contribution is -2.54. The number of urea groups is 1. The molecule has 1 aliphatic carbocycles. The van der Waals surface area contributed by atoms with E-state index in [0.717, 1.165) is 35.3 Å². The summed E-state index contributed by atoms with van der Waals surface area (Å²) in [7, 11) is 0. The molecule has 1 spiro atoms. The molecule has 0 radical (unpaired) electrons. The van der Waals surface area contributed by atoms with Crippen molar-refractivity contribution in [3.8, 4) is 0 Å². The first-order valence-electron chi connectivity index (χ1n) is 10.8. The molecule has 1 aromatic carbocycles. The van der Waals surface area contributed by atoms with E-state index < -0.39 is 36.6 Å². The van der Waals surface area contributed by atoms with Gasteiger partial charge in [-0.25, -0.2) is 4.79 Å². The van der Waals surface area contributed by atoms with Crippen LogP contribution in [0.3, 0.4) is 0 Å². The molecule has 2 N–H and O–H groups in total. The monoisotopic (exact) mass is 429 g/mol. The van der Waals surface area contributed by atoms with Crippen LogP contribution in [0.1, 0.15) is 62.3 Å². The number of amides is 4. The third kappa shape index (κ3) is 4.73. The minimum atomic E-state index is -0.922. The van der Waals surface area contributed by atoms with E-state index in [2.05, 4.69) is 10.6 Å². The number of hydrogen-bond donors (Lipinski definition) is 2. The van der Waals surface area contributed by atoms with Gasteiger partial charge in [-0.3, -0.25) is 19.3 Å². The molecular weight excluding hydrogens is 398 g/mol. The number of aryl methyl sites for hydroxylation is 2. The normalized spacial score (nSPS) is 24.1. The van der Waals surface area contributed by atoms with Crippen molar-refractivity contribution >= 4 is 23.8 Å². The van der Waals surface area contributed by atoms with Crippen LogP contribution in [0.5, 0.6) is 0 Å². The van der Waals surface area contributed by atoms with Gasteiger partial charge in [0, 0.05) is 0 Å². The number of imide groups is 1. The van der Waals surface area contributed by atoms with Gasteiger partial charge < -0.3 is 15.4 Å². The summed E-state index contributed by atoms with van der Waals surface area (Å²) in [4.78, 5) is 50.5. The van der Waals surface area contributed by atoms with Crippen LogP contribution in [0.15, 0.2) is 18.2 Å². The molecule has 8 nitrogen and oxygen atoms in total. The van der Waals surface area contributed by atoms with E-state index in [1.54, 1.807) is 0 Å². The minimum Gasteiger partial charge on any atom is -0.454 e. The summed E-state index contributed by atoms with van der Waals surface area (Å²) >= 11 is 0. The standard InChI is InChI=1S/C23H31N3O5/c1-14-8-9-18(11-15(14)2)17(4)24-19(27)13-31-20(28)12-26-21(29)23(25-22(26)30)10-6-5-7-16(23)3/h8-9,11,16-17H,5-7,10,12-13H2,1-4H3,(H,24,27)(H,25,30)/t16-,17+,23-/m0/s1. The maximum Gasteiger partial charge on any atom is 0.326 e. The Morgan fingerprint density at radius 1 is 1.26 bits per heavy atom. The van der Waals surface area contributed by atoms with Crippen molar-refractivity contribution < 1.29 is 23.9 Å². The maximum absolute atomic E-state index is 12.9. The van der Waals surface area contributed by atoms with Gasteiger partial charge in [-0.1, -0.05) is 38.0 Å². The highest BCUT2D eigenvalue weighted by atomic mass is 16.5. The summed E-state index contributed by atoms with van der Waals surface area (Å²) in [5.74, 6) is -1.61. The zero-order valence-electron chi connectivity index (χ0n) is 18.6. The Kier molecular flexibility index (Phi) is 6.67. The Hall–Kier alpha value is -2.90. The average Bonchev–Trinajstić information content (AvgIpc) is 2.95. The van der Waals surface area contributed by atoms with Crippen LogP contribution in [0.25, 0.3) is 0 Å². The second-order valence-electron chi connectivity index (χ2n) is 8.73. The van der Waals surface area contributed by atoms with Gasteiger partial charge in [-0.15, -0.1) is 0 Å². The lowest BCUT2D eigenvalue weighted by atomic mass is 9.73. The molecule has 1 saturated heterocycles. The third-order valence-electron chi connectivity index (χ3n) is 6.56. The molecule has 3 rings (SSSR count). The number of esters is 1. The van der Waals surface area contributed by atoms with Crippen LogP contribution in [0, 0.1) is 19.8 Å². The number of nitrogens with one attached hydrogen (secondary N) is 2. The minimum absolute atomic E-state index is 0.0106. The van der Waals surface area contributed by atoms with Gasteiger partial charge in [-0.2, -0.15) is 0 Å². The predicted octanol–water partition coefficient (Wildman–Crippen LogP) is 2.52. The lowest BCUT2D eigenvalue weighted by molar-refractivity contribution is -0.151. The zero-order valence-corrected chi connectivity index (χ0v) is 18.6. The quantitative estimate of drug-likeness (QED) is 0.534. The van der Waals surface area contributed by atoms with Crippen LogP contribution in [0.2, 0.25) is 0 Å². The summed E-state index contributed by atoms with van der Waals surface area (Å²) in [6, 6.07) is 5.11. The molecule has 1 saturated carbocycles. The largest absolute Gasteiger partial charge is 0.454 e. The summed E-state index contributed by atoms with van der Waals surface area (Å²) < 4.78 is 5.02. The van der Waals surface area contributed by atoms with Crippen molar-refractivity contribution in [2.75, 3.05) is 13.2 Å². The van der Waals surface area contributed by atoms with Gasteiger partial charge in [0.05, 0.1) is 6.04 Å². The van der Waals surface area contributed by atoms with Gasteiger partial charge in [0.25, 0.3) is 11.8 Å². The van der Waals surface area contributed by atoms with Crippen molar-refractivity contribution in [2.24, 2.45) is 5.92 Å². The number of carbonyl (C=O) groups is 4. The first-order valence-corrected chi connectivity index (χ1v) is 10.8. The van der Waals surface area contributed by atoms with Crippen LogP contribution in [-0.2, 0) is 19.1 Å². The molecule has 3 atom stereocenters. The number of hydrogen-bond acceptors (Lipinski definition) is 5. The SMILES string of the molecule is Cc1ccc([C@@H](C)NC(=O)COC(=O)CN2C(=O)N[C@]3(CCCC[C@@H]3C)C2=O)cc1C. The summed E-state index contributed by atoms with van der Waals surface area (Å²) in [6.07, 6.45) is 3.30. The average molecular weight is 430 g/mol. The van der Waals surface area contributed by atoms with E-state index in [1.807, 2.05) is 45.9 Å². The van der Waals surface area contributed by atoms with Crippen molar-refractivity contribution in [2.45, 2.75) is 65.0 Å². The van der Waals surface area contributed by atoms with E-state index >= 15 is 0 Å². The molecule has 31 heavy (non-hydrogen) atoms. The summed E-state index contributed by atoms with van der Waals surface area (Å²) in [5.41, 5.74) is 2.33. The van der Waals surface area contributed by atoms with Crippen LogP contribution in [0.4, 0.5) is 4.79 Å². The Labute approximate surface area is 182 Å². The fourth-order valence-electron chi connectivity index (χ4n) is 4.36. The van der Waals surface area contributed by atoms with Crippen molar-refractivity contribution in [1.82, 2.24) is 15.5 Å². The first-order chi connectivity index (χ1) is 14.6. The molecule has 1 heterocycles. The highest BCUT2D eigenvalue weighted by molar-refractivity contribution is 6.09. The second-order valence-corrected chi connectivity index (χ2v) is 8.73. The summed E-state index contributed by atoms with van der Waals surface area (Å²) in [5, 5.41) is 5.58. The molecular formula is C23H31N3O5. The van der Waals surface area contributed by atoms with Gasteiger partial charge >= 0.3 is 12.0 Å². The van der Waals surface area contributed by atoms with Crippen LogP contribution < -0.4 is 10.6 Å². The molecule has 0 aromatic heterocycles. The van der Waals surface area contributed by atoms with Gasteiger partial charge in [0.15, 0.2) is 6.61 Å². The number of rotatable bonds is 6. The Morgan fingerprint density at radius 3 is 2.68 bits per heavy atom. The number of nitrogens with zero attached hydrogens (tertiary/aromatic N) is 1. The number of ether oxygens (including phenoxy) is 1. The third-order valence-corrected chi connectivity index (χ3v) is 6.56. The fourth-order valence-corrected chi connectivity index (χ4v) is 4.36. The predicted molar refractivity (Wildman–Crippen MR) is 114 cm³/mol. The van der Waals surface area contributed by atoms with Crippen LogP contribution in [-0.4, -0.2) is 47.4 Å². The Balaban J connectivity index is 1.50. The maximum atomic E-state index is 12.9. The van der Waals surface area contributed by atoms with Gasteiger partial charge in [-0.05, 0) is 56.2 Å². The molecule has 8 heteroatoms. The molecule has 1 aromatic rings. The molecule has 0 unspecified atom stereocenters. The van der Waals surface area contributed by atoms with E-state index in [-0.39, 0.29) is 17.9 Å².